The molecule has 10 aromatic rings. The van der Waals surface area contributed by atoms with Crippen LogP contribution in [0.4, 0.5) is 0 Å². The molecule has 9 aromatic carbocycles. The van der Waals surface area contributed by atoms with Gasteiger partial charge in [0.2, 0.25) is 0 Å². The lowest BCUT2D eigenvalue weighted by molar-refractivity contribution is 0.672. The largest absolute Gasteiger partial charge is 0.455 e. The van der Waals surface area contributed by atoms with Crippen molar-refractivity contribution in [3.63, 3.8) is 0 Å². The van der Waals surface area contributed by atoms with Crippen molar-refractivity contribution in [2.24, 2.45) is 0 Å². The van der Waals surface area contributed by atoms with Gasteiger partial charge in [-0.1, -0.05) is 121 Å². The summed E-state index contributed by atoms with van der Waals surface area (Å²) < 4.78 is 239. The molecule has 0 unspecified atom stereocenters. The molecule has 45 heavy (non-hydrogen) atoms. The first-order chi connectivity index (χ1) is 33.2. The molecular weight excluding hydrogens is 544 g/mol. The quantitative estimate of drug-likeness (QED) is 0.143. The van der Waals surface area contributed by atoms with Crippen LogP contribution in [0, 0.1) is 0 Å². The summed E-state index contributed by atoms with van der Waals surface area (Å²) in [5, 5.41) is -6.48. The van der Waals surface area contributed by atoms with E-state index in [2.05, 4.69) is 0 Å². The maximum atomic E-state index is 9.80. The summed E-state index contributed by atoms with van der Waals surface area (Å²) in [6.45, 7) is 0. The molecule has 0 fully saturated rings. The fraction of sp³-hybridized carbons (Fsp3) is 0. The van der Waals surface area contributed by atoms with Crippen LogP contribution in [0.25, 0.3) is 98.1 Å². The molecule has 1 nitrogen and oxygen atoms in total. The van der Waals surface area contributed by atoms with Crippen LogP contribution in [0.2, 0.25) is 0 Å². The maximum Gasteiger partial charge on any atom is 0.143 e. The Morgan fingerprint density at radius 3 is 1.78 bits per heavy atom. The predicted molar refractivity (Wildman–Crippen MR) is 192 cm³/mol. The molecule has 0 N–H and O–H groups in total. The Labute approximate surface area is 296 Å². The summed E-state index contributed by atoms with van der Waals surface area (Å²) >= 11 is 0. The zero-order valence-electron chi connectivity index (χ0n) is 48.4. The number of rotatable bonds is 2. The first kappa shape index (κ1) is 10.3. The van der Waals surface area contributed by atoms with Gasteiger partial charge in [-0.2, -0.15) is 0 Å². The van der Waals surface area contributed by atoms with Crippen LogP contribution >= 0.6 is 0 Å². The summed E-state index contributed by atoms with van der Waals surface area (Å²) in [5.41, 5.74) is -3.92. The highest BCUT2D eigenvalue weighted by atomic mass is 16.3. The number of furan rings is 1. The highest BCUT2D eigenvalue weighted by molar-refractivity contribution is 6.20. The standard InChI is InChI=1S/C44H26O/c1-4-10-35-28(7-1)17-20-38-40(35)26-32-9-3-5-11-36(32)43(38)33-16-14-27-13-15-30(23-34(27)24-33)31-19-22-42-41(25-31)39-21-18-29-8-2-6-12-37(29)44(39)45-42/h1-26H/i1D,2D,3D,4D,5D,6D,7D,8D,9D,10D,11D,12D,13D,14D,15D,16D,17D,18D,19D,20D,21D,22D,23D,24D,25D,26D. The lowest BCUT2D eigenvalue weighted by Gasteiger charge is -2.15. The topological polar surface area (TPSA) is 13.1 Å². The number of hydrogen-bond acceptors (Lipinski definition) is 1. The molecule has 0 saturated heterocycles. The first-order valence-corrected chi connectivity index (χ1v) is 13.4. The molecule has 0 radical (unpaired) electrons. The molecule has 0 atom stereocenters. The number of fused-ring (bicyclic) bond motifs is 10. The maximum absolute atomic E-state index is 9.80. The molecule has 1 aromatic heterocycles. The Bertz CT molecular complexity index is 4290. The van der Waals surface area contributed by atoms with E-state index in [4.69, 9.17) is 27.7 Å². The first-order valence-electron chi connectivity index (χ1n) is 26.4. The van der Waals surface area contributed by atoms with E-state index < -0.39 is 250 Å². The molecule has 208 valence electrons. The third-order valence-electron chi connectivity index (χ3n) is 7.50. The van der Waals surface area contributed by atoms with Crippen molar-refractivity contribution in [3.05, 3.63) is 157 Å². The van der Waals surface area contributed by atoms with Crippen molar-refractivity contribution < 1.29 is 40.1 Å². The van der Waals surface area contributed by atoms with Crippen LogP contribution in [0.1, 0.15) is 35.6 Å². The minimum Gasteiger partial charge on any atom is -0.455 e. The van der Waals surface area contributed by atoms with Gasteiger partial charge in [-0.15, -0.1) is 0 Å². The predicted octanol–water partition coefficient (Wildman–Crippen LogP) is 12.7. The molecule has 1 heteroatoms. The zero-order valence-corrected chi connectivity index (χ0v) is 22.4. The van der Waals surface area contributed by atoms with Gasteiger partial charge in [0.25, 0.3) is 0 Å². The molecule has 0 bridgehead atoms. The summed E-state index contributed by atoms with van der Waals surface area (Å²) in [6, 6.07) is -21.7. The average Bonchev–Trinajstić information content (AvgIpc) is 3.74. The fourth-order valence-electron chi connectivity index (χ4n) is 5.47. The SMILES string of the molecule is [2H]c1c(-c2c([2H])c([2H])c3c([2H])c([2H])c(-c4c5c([2H])c([2H])c([2H])c([2H])c5c([2H])c5c4c([2H])c([2H])c4c([2H])c([2H])c([2H])c([2H])c45)c([2H])c3c2[2H])c([2H])c2c(oc3c4c([2H])c([2H])c([2H])c([2H])c4c([2H])c([2H])c32)c1[2H]. The van der Waals surface area contributed by atoms with Crippen molar-refractivity contribution in [3.8, 4) is 22.3 Å². The van der Waals surface area contributed by atoms with Crippen molar-refractivity contribution in [1.29, 1.82) is 0 Å². The van der Waals surface area contributed by atoms with Crippen LogP contribution in [-0.4, -0.2) is 0 Å². The van der Waals surface area contributed by atoms with E-state index in [0.29, 0.717) is 0 Å². The van der Waals surface area contributed by atoms with Crippen LogP contribution < -0.4 is 0 Å². The molecule has 1 heterocycles. The second-order valence-electron chi connectivity index (χ2n) is 10.0. The van der Waals surface area contributed by atoms with E-state index in [1.165, 1.54) is 0 Å². The lowest BCUT2D eigenvalue weighted by atomic mass is 9.89. The van der Waals surface area contributed by atoms with E-state index in [-0.39, 0.29) is 5.39 Å². The number of hydrogen-bond donors (Lipinski definition) is 0. The summed E-state index contributed by atoms with van der Waals surface area (Å²) in [6.07, 6.45) is 0. The summed E-state index contributed by atoms with van der Waals surface area (Å²) in [4.78, 5) is 0. The molecule has 0 spiro atoms. The van der Waals surface area contributed by atoms with Gasteiger partial charge >= 0.3 is 0 Å². The molecule has 10 rings (SSSR count). The van der Waals surface area contributed by atoms with Crippen molar-refractivity contribution in [2.75, 3.05) is 0 Å². The van der Waals surface area contributed by atoms with Gasteiger partial charge in [-0.3, -0.25) is 0 Å². The highest BCUT2D eigenvalue weighted by Crippen LogP contribution is 2.41. The summed E-state index contributed by atoms with van der Waals surface area (Å²) in [7, 11) is 0. The molecule has 0 saturated carbocycles. The third-order valence-corrected chi connectivity index (χ3v) is 7.50. The Balaban J connectivity index is 1.42. The molecule has 0 aliphatic carbocycles. The molecule has 0 amide bonds. The Kier molecular flexibility index (Phi) is 2.13. The van der Waals surface area contributed by atoms with E-state index in [1.807, 2.05) is 0 Å². The van der Waals surface area contributed by atoms with Crippen LogP contribution in [0.5, 0.6) is 0 Å². The highest BCUT2D eigenvalue weighted by Gasteiger charge is 2.14. The molecule has 0 aliphatic rings. The van der Waals surface area contributed by atoms with E-state index >= 15 is 0 Å². The van der Waals surface area contributed by atoms with Gasteiger partial charge in [0.15, 0.2) is 0 Å². The summed E-state index contributed by atoms with van der Waals surface area (Å²) in [5.74, 6) is 0. The Morgan fingerprint density at radius 2 is 0.933 bits per heavy atom. The van der Waals surface area contributed by atoms with Gasteiger partial charge in [0, 0.05) is 16.2 Å². The number of benzene rings is 9. The fourth-order valence-corrected chi connectivity index (χ4v) is 5.47. The average molecular weight is 597 g/mol. The minimum atomic E-state index is -0.974. The smallest absolute Gasteiger partial charge is 0.143 e. The van der Waals surface area contributed by atoms with Crippen molar-refractivity contribution >= 4 is 75.8 Å². The van der Waals surface area contributed by atoms with Gasteiger partial charge in [0.1, 0.15) is 11.2 Å². The van der Waals surface area contributed by atoms with E-state index in [9.17, 15) is 12.3 Å². The molecular formula is C44H26O. The van der Waals surface area contributed by atoms with Crippen LogP contribution in [-0.2, 0) is 0 Å². The van der Waals surface area contributed by atoms with E-state index in [0.717, 1.165) is 0 Å². The van der Waals surface area contributed by atoms with Crippen LogP contribution in [0.3, 0.4) is 0 Å². The monoisotopic (exact) mass is 596 g/mol. The minimum absolute atomic E-state index is 0.373. The van der Waals surface area contributed by atoms with Crippen molar-refractivity contribution in [1.82, 2.24) is 0 Å². The second-order valence-corrected chi connectivity index (χ2v) is 10.0. The Morgan fingerprint density at radius 1 is 0.333 bits per heavy atom. The second kappa shape index (κ2) is 9.29. The van der Waals surface area contributed by atoms with Crippen LogP contribution in [0.15, 0.2) is 162 Å². The Hall–Kier alpha value is -5.92. The molecule has 0 aliphatic heterocycles. The van der Waals surface area contributed by atoms with Gasteiger partial charge in [-0.25, -0.2) is 0 Å². The van der Waals surface area contributed by atoms with Gasteiger partial charge in [-0.05, 0) is 107 Å². The van der Waals surface area contributed by atoms with Crippen molar-refractivity contribution in [2.45, 2.75) is 0 Å². The normalized spacial score (nSPS) is 20.1. The van der Waals surface area contributed by atoms with Gasteiger partial charge < -0.3 is 4.42 Å². The van der Waals surface area contributed by atoms with E-state index in [1.54, 1.807) is 0 Å². The third kappa shape index (κ3) is 3.68. The lowest BCUT2D eigenvalue weighted by Crippen LogP contribution is -1.88. The van der Waals surface area contributed by atoms with Gasteiger partial charge in [0.05, 0.1) is 35.6 Å². The zero-order chi connectivity index (χ0) is 52.1.